The Morgan fingerprint density at radius 1 is 1.00 bits per heavy atom. The fourth-order valence-electron chi connectivity index (χ4n) is 1.09. The molecule has 3 heteroatoms. The maximum Gasteiger partial charge on any atom is 0.0594 e. The molecule has 0 aliphatic heterocycles. The average Bonchev–Trinajstić information content (AvgIpc) is 2.21. The number of nitrogens with one attached hydrogen (secondary N) is 1. The summed E-state index contributed by atoms with van der Waals surface area (Å²) in [5.41, 5.74) is 0. The van der Waals surface area contributed by atoms with Gasteiger partial charge in [-0.3, -0.25) is 0 Å². The van der Waals surface area contributed by atoms with Gasteiger partial charge in [0.05, 0.1) is 18.8 Å². The molecule has 0 fully saturated rings. The van der Waals surface area contributed by atoms with Gasteiger partial charge in [-0.2, -0.15) is 0 Å². The van der Waals surface area contributed by atoms with Crippen LogP contribution in [0.2, 0.25) is 0 Å². The van der Waals surface area contributed by atoms with E-state index < -0.39 is 0 Å². The number of rotatable bonds is 10. The van der Waals surface area contributed by atoms with E-state index in [1.54, 1.807) is 0 Å². The van der Waals surface area contributed by atoms with Crippen LogP contribution < -0.4 is 5.32 Å². The smallest absolute Gasteiger partial charge is 0.0594 e. The second-order valence-corrected chi connectivity index (χ2v) is 4.11. The van der Waals surface area contributed by atoms with Crippen molar-refractivity contribution < 1.29 is 9.47 Å². The van der Waals surface area contributed by atoms with Gasteiger partial charge in [0.25, 0.3) is 0 Å². The first-order valence-corrected chi connectivity index (χ1v) is 6.10. The third kappa shape index (κ3) is 11.8. The van der Waals surface area contributed by atoms with Gasteiger partial charge in [0.1, 0.15) is 0 Å². The zero-order chi connectivity index (χ0) is 11.5. The van der Waals surface area contributed by atoms with Gasteiger partial charge in [0.2, 0.25) is 0 Å². The van der Waals surface area contributed by atoms with Gasteiger partial charge in [0.15, 0.2) is 0 Å². The molecule has 0 bridgehead atoms. The molecule has 0 aliphatic carbocycles. The first-order valence-electron chi connectivity index (χ1n) is 6.10. The summed E-state index contributed by atoms with van der Waals surface area (Å²) in [5, 5.41) is 3.33. The van der Waals surface area contributed by atoms with Gasteiger partial charge < -0.3 is 14.8 Å². The van der Waals surface area contributed by atoms with Crippen LogP contribution in [0, 0.1) is 0 Å². The normalized spacial score (nSPS) is 13.4. The summed E-state index contributed by atoms with van der Waals surface area (Å²) in [6.07, 6.45) is 2.89. The van der Waals surface area contributed by atoms with E-state index in [1.807, 2.05) is 0 Å². The minimum Gasteiger partial charge on any atom is -0.379 e. The topological polar surface area (TPSA) is 30.5 Å². The molecule has 0 spiro atoms. The molecule has 0 amide bonds. The monoisotopic (exact) mass is 217 g/mol. The number of hydrogen-bond acceptors (Lipinski definition) is 3. The molecule has 0 heterocycles. The largest absolute Gasteiger partial charge is 0.379 e. The predicted molar refractivity (Wildman–Crippen MR) is 64.3 cm³/mol. The first-order chi connectivity index (χ1) is 7.16. The molecule has 0 radical (unpaired) electrons. The van der Waals surface area contributed by atoms with Gasteiger partial charge in [-0.05, 0) is 40.2 Å². The van der Waals surface area contributed by atoms with Crippen LogP contribution in [-0.4, -0.2) is 38.5 Å². The Hall–Kier alpha value is -0.120. The van der Waals surface area contributed by atoms with Crippen molar-refractivity contribution in [2.24, 2.45) is 0 Å². The van der Waals surface area contributed by atoms with E-state index in [4.69, 9.17) is 9.47 Å². The summed E-state index contributed by atoms with van der Waals surface area (Å²) >= 11 is 0. The molecule has 1 unspecified atom stereocenters. The summed E-state index contributed by atoms with van der Waals surface area (Å²) in [6.45, 7) is 12.0. The van der Waals surface area contributed by atoms with Gasteiger partial charge in [-0.15, -0.1) is 0 Å². The first kappa shape index (κ1) is 14.9. The summed E-state index contributed by atoms with van der Waals surface area (Å²) < 4.78 is 11.0. The lowest BCUT2D eigenvalue weighted by Crippen LogP contribution is -2.24. The van der Waals surface area contributed by atoms with Crippen molar-refractivity contribution in [2.75, 3.05) is 26.3 Å². The van der Waals surface area contributed by atoms with Crippen LogP contribution in [0.3, 0.4) is 0 Å². The lowest BCUT2D eigenvalue weighted by molar-refractivity contribution is 0.0629. The number of hydrogen-bond donors (Lipinski definition) is 1. The Morgan fingerprint density at radius 3 is 2.33 bits per heavy atom. The molecule has 1 N–H and O–H groups in total. The van der Waals surface area contributed by atoms with E-state index in [-0.39, 0.29) is 0 Å². The van der Waals surface area contributed by atoms with Gasteiger partial charge in [-0.25, -0.2) is 0 Å². The van der Waals surface area contributed by atoms with E-state index in [1.165, 1.54) is 0 Å². The van der Waals surface area contributed by atoms with E-state index >= 15 is 0 Å². The Balaban J connectivity index is 2.99. The van der Waals surface area contributed by atoms with Gasteiger partial charge >= 0.3 is 0 Å². The van der Waals surface area contributed by atoms with Crippen LogP contribution in [0.4, 0.5) is 0 Å². The molecule has 0 aliphatic rings. The fraction of sp³-hybridized carbons (Fsp3) is 1.00. The van der Waals surface area contributed by atoms with Crippen LogP contribution in [0.15, 0.2) is 0 Å². The Kier molecular flexibility index (Phi) is 10.3. The molecule has 3 nitrogen and oxygen atoms in total. The quantitative estimate of drug-likeness (QED) is 0.569. The van der Waals surface area contributed by atoms with Crippen molar-refractivity contribution in [3.05, 3.63) is 0 Å². The SMILES string of the molecule is CCC(C)OCCNCCCOC(C)C. The van der Waals surface area contributed by atoms with Crippen molar-refractivity contribution in [2.45, 2.75) is 52.7 Å². The van der Waals surface area contributed by atoms with Crippen molar-refractivity contribution >= 4 is 0 Å². The molecule has 0 saturated heterocycles. The van der Waals surface area contributed by atoms with E-state index in [0.29, 0.717) is 12.2 Å². The van der Waals surface area contributed by atoms with Gasteiger partial charge in [-0.1, -0.05) is 6.92 Å². The Labute approximate surface area is 94.5 Å². The maximum absolute atomic E-state index is 5.54. The lowest BCUT2D eigenvalue weighted by atomic mass is 10.3. The molecule has 92 valence electrons. The second kappa shape index (κ2) is 10.4. The highest BCUT2D eigenvalue weighted by Crippen LogP contribution is 1.94. The summed E-state index contributed by atoms with van der Waals surface area (Å²) in [5.74, 6) is 0. The van der Waals surface area contributed by atoms with Crippen LogP contribution in [0.25, 0.3) is 0 Å². The Morgan fingerprint density at radius 2 is 1.73 bits per heavy atom. The van der Waals surface area contributed by atoms with E-state index in [9.17, 15) is 0 Å². The molecule has 0 rings (SSSR count). The van der Waals surface area contributed by atoms with Crippen molar-refractivity contribution in [1.82, 2.24) is 5.32 Å². The molecule has 0 aromatic rings. The highest BCUT2D eigenvalue weighted by atomic mass is 16.5. The minimum atomic E-state index is 0.346. The number of ether oxygens (including phenoxy) is 2. The zero-order valence-electron chi connectivity index (χ0n) is 10.7. The molecule has 0 aromatic heterocycles. The lowest BCUT2D eigenvalue weighted by Gasteiger charge is -2.11. The summed E-state index contributed by atoms with van der Waals surface area (Å²) in [7, 11) is 0. The van der Waals surface area contributed by atoms with E-state index in [0.717, 1.165) is 39.1 Å². The van der Waals surface area contributed by atoms with Crippen molar-refractivity contribution in [3.63, 3.8) is 0 Å². The molecule has 15 heavy (non-hydrogen) atoms. The molecular weight excluding hydrogens is 190 g/mol. The van der Waals surface area contributed by atoms with Crippen LogP contribution >= 0.6 is 0 Å². The minimum absolute atomic E-state index is 0.346. The summed E-state index contributed by atoms with van der Waals surface area (Å²) in [4.78, 5) is 0. The van der Waals surface area contributed by atoms with Crippen molar-refractivity contribution in [1.29, 1.82) is 0 Å². The molecular formula is C12H27NO2. The molecule has 0 saturated carbocycles. The average molecular weight is 217 g/mol. The highest BCUT2D eigenvalue weighted by Gasteiger charge is 1.97. The third-order valence-electron chi connectivity index (χ3n) is 2.21. The van der Waals surface area contributed by atoms with Crippen molar-refractivity contribution in [3.8, 4) is 0 Å². The van der Waals surface area contributed by atoms with E-state index in [2.05, 4.69) is 33.0 Å². The molecule has 0 aromatic carbocycles. The van der Waals surface area contributed by atoms with Crippen LogP contribution in [-0.2, 0) is 9.47 Å². The standard InChI is InChI=1S/C12H27NO2/c1-5-12(4)15-10-8-13-7-6-9-14-11(2)3/h11-13H,5-10H2,1-4H3. The maximum atomic E-state index is 5.54. The second-order valence-electron chi connectivity index (χ2n) is 4.11. The zero-order valence-corrected chi connectivity index (χ0v) is 10.7. The third-order valence-corrected chi connectivity index (χ3v) is 2.21. The van der Waals surface area contributed by atoms with Crippen LogP contribution in [0.1, 0.15) is 40.5 Å². The summed E-state index contributed by atoms with van der Waals surface area (Å²) in [6, 6.07) is 0. The Bertz CT molecular complexity index is 129. The fourth-order valence-corrected chi connectivity index (χ4v) is 1.09. The van der Waals surface area contributed by atoms with Crippen LogP contribution in [0.5, 0.6) is 0 Å². The highest BCUT2D eigenvalue weighted by molar-refractivity contribution is 4.49. The predicted octanol–water partition coefficient (Wildman–Crippen LogP) is 2.21. The van der Waals surface area contributed by atoms with Gasteiger partial charge in [0, 0.05) is 13.2 Å². The molecule has 1 atom stereocenters.